The second-order valence-corrected chi connectivity index (χ2v) is 5.40. The number of hydrogen-bond donors (Lipinski definition) is 0. The average molecular weight is 241 g/mol. The Balaban J connectivity index is 2.41. The van der Waals surface area contributed by atoms with E-state index >= 15 is 0 Å². The Morgan fingerprint density at radius 3 is 2.29 bits per heavy atom. The first-order valence-electron chi connectivity index (χ1n) is 5.92. The van der Waals surface area contributed by atoms with Crippen molar-refractivity contribution in [3.05, 3.63) is 0 Å². The summed E-state index contributed by atoms with van der Waals surface area (Å²) in [5.74, 6) is 0. The van der Waals surface area contributed by atoms with Crippen LogP contribution in [0.3, 0.4) is 0 Å². The zero-order chi connectivity index (χ0) is 13.1. The number of carbonyl (C=O) groups excluding carboxylic acids is 2. The molecule has 1 heterocycles. The number of piperidine rings is 1. The quantitative estimate of drug-likeness (QED) is 0.686. The lowest BCUT2D eigenvalue weighted by Gasteiger charge is -2.35. The minimum atomic E-state index is -0.457. The Labute approximate surface area is 103 Å². The highest BCUT2D eigenvalue weighted by molar-refractivity contribution is 5.68. The third-order valence-corrected chi connectivity index (χ3v) is 2.81. The van der Waals surface area contributed by atoms with Crippen molar-refractivity contribution in [2.45, 2.75) is 45.3 Å². The van der Waals surface area contributed by atoms with Gasteiger partial charge in [0.05, 0.1) is 0 Å². The summed E-state index contributed by atoms with van der Waals surface area (Å²) in [6.45, 7) is 6.82. The molecule has 5 nitrogen and oxygen atoms in total. The molecule has 0 bridgehead atoms. The summed E-state index contributed by atoms with van der Waals surface area (Å²) in [6, 6.07) is 0.186. The molecule has 1 saturated heterocycles. The maximum Gasteiger partial charge on any atom is 0.410 e. The van der Waals surface area contributed by atoms with Crippen LogP contribution in [-0.2, 0) is 9.53 Å². The molecule has 1 aliphatic heterocycles. The van der Waals surface area contributed by atoms with Crippen molar-refractivity contribution in [3.8, 4) is 0 Å². The highest BCUT2D eigenvalue weighted by atomic mass is 16.6. The van der Waals surface area contributed by atoms with Crippen molar-refractivity contribution in [2.75, 3.05) is 20.1 Å². The maximum absolute atomic E-state index is 11.8. The number of carbonyl (C=O) groups is 1. The summed E-state index contributed by atoms with van der Waals surface area (Å²) in [6.07, 6.45) is 3.16. The number of likely N-dealkylation sites (tertiary alicyclic amines) is 1. The molecule has 5 heteroatoms. The highest BCUT2D eigenvalue weighted by Gasteiger charge is 2.28. The van der Waals surface area contributed by atoms with E-state index in [1.165, 1.54) is 0 Å². The fraction of sp³-hybridized carbons (Fsp3) is 0.833. The Kier molecular flexibility index (Phi) is 4.37. The lowest BCUT2D eigenvalue weighted by atomic mass is 10.0. The highest BCUT2D eigenvalue weighted by Crippen LogP contribution is 2.17. The van der Waals surface area contributed by atoms with E-state index in [9.17, 15) is 9.59 Å². The van der Waals surface area contributed by atoms with Crippen LogP contribution in [0.2, 0.25) is 0 Å². The van der Waals surface area contributed by atoms with Crippen LogP contribution in [0.4, 0.5) is 4.79 Å². The summed E-state index contributed by atoms with van der Waals surface area (Å²) in [4.78, 5) is 25.5. The van der Waals surface area contributed by atoms with E-state index in [2.05, 4.69) is 0 Å². The number of nitrogens with zero attached hydrogens (tertiary/aromatic N) is 2. The molecule has 0 saturated carbocycles. The van der Waals surface area contributed by atoms with Gasteiger partial charge in [0, 0.05) is 26.2 Å². The lowest BCUT2D eigenvalue weighted by Crippen LogP contribution is -2.46. The first-order valence-corrected chi connectivity index (χ1v) is 5.92. The van der Waals surface area contributed by atoms with E-state index in [0.717, 1.165) is 12.8 Å². The van der Waals surface area contributed by atoms with Crippen molar-refractivity contribution < 1.29 is 14.3 Å². The number of rotatable bonds is 2. The molecule has 97 valence electrons. The van der Waals surface area contributed by atoms with Gasteiger partial charge in [-0.3, -0.25) is 4.79 Å². The molecule has 0 N–H and O–H groups in total. The van der Waals surface area contributed by atoms with Gasteiger partial charge in [-0.05, 0) is 33.6 Å². The van der Waals surface area contributed by atoms with E-state index in [0.29, 0.717) is 13.1 Å². The molecule has 1 fully saturated rings. The molecule has 0 aromatic carbocycles. The van der Waals surface area contributed by atoms with Gasteiger partial charge in [0.1, 0.15) is 5.60 Å². The molecule has 0 unspecified atom stereocenters. The van der Waals surface area contributed by atoms with Gasteiger partial charge < -0.3 is 14.5 Å². The molecule has 0 aliphatic carbocycles. The van der Waals surface area contributed by atoms with E-state index in [-0.39, 0.29) is 12.1 Å². The van der Waals surface area contributed by atoms with Gasteiger partial charge in [0.2, 0.25) is 0 Å². The molecular weight excluding hydrogens is 220 g/mol. The van der Waals surface area contributed by atoms with Gasteiger partial charge in [-0.1, -0.05) is 0 Å². The van der Waals surface area contributed by atoms with Crippen molar-refractivity contribution in [2.24, 2.45) is 0 Å². The van der Waals surface area contributed by atoms with Crippen molar-refractivity contribution in [3.63, 3.8) is 0 Å². The van der Waals surface area contributed by atoms with Gasteiger partial charge in [-0.15, -0.1) is 0 Å². The van der Waals surface area contributed by atoms with Crippen LogP contribution in [0.15, 0.2) is 0 Å². The molecule has 1 rings (SSSR count). The zero-order valence-electron chi connectivity index (χ0n) is 11.0. The van der Waals surface area contributed by atoms with Gasteiger partial charge >= 0.3 is 12.5 Å². The predicted octanol–water partition coefficient (Wildman–Crippen LogP) is 1.38. The molecule has 17 heavy (non-hydrogen) atoms. The standard InChI is InChI=1S/C12H21N2O3/c1-12(2,3)17-11(16)14-7-5-10(6-8-14)13(4)9-15/h10H,5-8H2,1-4H3. The van der Waals surface area contributed by atoms with Crippen molar-refractivity contribution in [1.82, 2.24) is 9.80 Å². The summed E-state index contributed by atoms with van der Waals surface area (Å²) < 4.78 is 5.30. The molecule has 1 aliphatic rings. The Morgan fingerprint density at radius 2 is 1.88 bits per heavy atom. The second kappa shape index (κ2) is 5.38. The van der Waals surface area contributed by atoms with Gasteiger partial charge in [-0.2, -0.15) is 0 Å². The fourth-order valence-corrected chi connectivity index (χ4v) is 1.84. The van der Waals surface area contributed by atoms with Crippen LogP contribution in [0.25, 0.3) is 0 Å². The molecular formula is C12H21N2O3. The van der Waals surface area contributed by atoms with Crippen LogP contribution in [0.1, 0.15) is 33.6 Å². The van der Waals surface area contributed by atoms with Crippen LogP contribution in [-0.4, -0.2) is 54.1 Å². The SMILES string of the molecule is CN([C]=O)C1CCN(C(=O)OC(C)(C)C)CC1. The zero-order valence-corrected chi connectivity index (χ0v) is 11.0. The third-order valence-electron chi connectivity index (χ3n) is 2.81. The molecule has 0 aromatic rings. The first-order chi connectivity index (χ1) is 7.83. The van der Waals surface area contributed by atoms with Crippen LogP contribution in [0, 0.1) is 0 Å². The van der Waals surface area contributed by atoms with Crippen LogP contribution < -0.4 is 0 Å². The molecule has 2 amide bonds. The second-order valence-electron chi connectivity index (χ2n) is 5.40. The van der Waals surface area contributed by atoms with Crippen LogP contribution >= 0.6 is 0 Å². The third kappa shape index (κ3) is 4.24. The van der Waals surface area contributed by atoms with E-state index < -0.39 is 5.60 Å². The minimum absolute atomic E-state index is 0.186. The first kappa shape index (κ1) is 13.8. The van der Waals surface area contributed by atoms with E-state index in [1.807, 2.05) is 27.2 Å². The molecule has 0 atom stereocenters. The Morgan fingerprint density at radius 1 is 1.35 bits per heavy atom. The minimum Gasteiger partial charge on any atom is -0.444 e. The number of hydrogen-bond acceptors (Lipinski definition) is 3. The smallest absolute Gasteiger partial charge is 0.410 e. The fourth-order valence-electron chi connectivity index (χ4n) is 1.84. The van der Waals surface area contributed by atoms with Gasteiger partial charge in [0.25, 0.3) is 0 Å². The Bertz CT molecular complexity index is 278. The number of ether oxygens (including phenoxy) is 1. The largest absolute Gasteiger partial charge is 0.444 e. The monoisotopic (exact) mass is 241 g/mol. The topological polar surface area (TPSA) is 49.9 Å². The molecule has 0 spiro atoms. The maximum atomic E-state index is 11.8. The Hall–Kier alpha value is -1.26. The van der Waals surface area contributed by atoms with Gasteiger partial charge in [0.15, 0.2) is 0 Å². The summed E-state index contributed by atoms with van der Waals surface area (Å²) in [7, 11) is 1.72. The van der Waals surface area contributed by atoms with Crippen LogP contribution in [0.5, 0.6) is 0 Å². The van der Waals surface area contributed by atoms with Crippen molar-refractivity contribution >= 4 is 12.5 Å². The summed E-state index contributed by atoms with van der Waals surface area (Å²) in [5, 5.41) is 0. The summed E-state index contributed by atoms with van der Waals surface area (Å²) >= 11 is 0. The van der Waals surface area contributed by atoms with Gasteiger partial charge in [-0.25, -0.2) is 4.79 Å². The number of amides is 2. The average Bonchev–Trinajstić information content (AvgIpc) is 2.26. The lowest BCUT2D eigenvalue weighted by molar-refractivity contribution is 0.0179. The van der Waals surface area contributed by atoms with Crippen molar-refractivity contribution in [1.29, 1.82) is 0 Å². The molecule has 1 radical (unpaired) electrons. The molecule has 0 aromatic heterocycles. The van der Waals surface area contributed by atoms with E-state index in [1.54, 1.807) is 16.8 Å². The summed E-state index contributed by atoms with van der Waals surface area (Å²) in [5.41, 5.74) is -0.457. The predicted molar refractivity (Wildman–Crippen MR) is 64.3 cm³/mol. The van der Waals surface area contributed by atoms with E-state index in [4.69, 9.17) is 4.74 Å². The normalized spacial score (nSPS) is 17.8.